The maximum absolute atomic E-state index is 12.6. The molecular formula is C29H36F3N3O5. The van der Waals surface area contributed by atoms with Crippen LogP contribution in [-0.4, -0.2) is 46.9 Å². The molecule has 0 aliphatic heterocycles. The number of alkyl halides is 3. The van der Waals surface area contributed by atoms with Gasteiger partial charge in [0.15, 0.2) is 0 Å². The number of pyridine rings is 1. The molecule has 1 aromatic carbocycles. The number of aromatic nitrogens is 3. The Morgan fingerprint density at radius 2 is 1.57 bits per heavy atom. The second kappa shape index (κ2) is 14.5. The van der Waals surface area contributed by atoms with Gasteiger partial charge >= 0.3 is 6.36 Å². The zero-order chi connectivity index (χ0) is 30.0. The Kier molecular flexibility index (Phi) is 11.7. The summed E-state index contributed by atoms with van der Waals surface area (Å²) in [6.07, 6.45) is -2.12. The van der Waals surface area contributed by atoms with Crippen LogP contribution < -0.4 is 14.2 Å². The molecule has 11 heteroatoms. The van der Waals surface area contributed by atoms with E-state index in [4.69, 9.17) is 9.47 Å². The van der Waals surface area contributed by atoms with E-state index in [1.165, 1.54) is 32.4 Å². The van der Waals surface area contributed by atoms with E-state index in [1.54, 1.807) is 13.8 Å². The first kappa shape index (κ1) is 32.3. The summed E-state index contributed by atoms with van der Waals surface area (Å²) in [5.41, 5.74) is 4.50. The van der Waals surface area contributed by atoms with Crippen molar-refractivity contribution < 1.29 is 37.0 Å². The number of hydrogen-bond donors (Lipinski definition) is 0. The van der Waals surface area contributed by atoms with Crippen LogP contribution in [0.5, 0.6) is 17.4 Å². The van der Waals surface area contributed by atoms with E-state index in [9.17, 15) is 22.8 Å². The molecule has 2 heterocycles. The number of benzene rings is 1. The largest absolute Gasteiger partial charge is 0.573 e. The highest BCUT2D eigenvalue weighted by molar-refractivity contribution is 5.98. The van der Waals surface area contributed by atoms with Gasteiger partial charge in [0.05, 0.1) is 32.0 Å². The number of ether oxygens (including phenoxy) is 3. The molecule has 218 valence electrons. The number of hydrogen-bond acceptors (Lipinski definition) is 7. The molecule has 0 bridgehead atoms. The number of methoxy groups -OCH3 is 2. The fraction of sp³-hybridized carbons (Fsp3) is 0.448. The summed E-state index contributed by atoms with van der Waals surface area (Å²) in [5.74, 6) is 0.266. The maximum Gasteiger partial charge on any atom is 0.573 e. The van der Waals surface area contributed by atoms with Crippen LogP contribution in [0.15, 0.2) is 30.3 Å². The maximum atomic E-state index is 12.6. The summed E-state index contributed by atoms with van der Waals surface area (Å²) in [7, 11) is 2.89. The van der Waals surface area contributed by atoms with Crippen LogP contribution in [0.2, 0.25) is 0 Å². The zero-order valence-electron chi connectivity index (χ0n) is 23.9. The normalized spacial score (nSPS) is 10.9. The molecule has 0 aliphatic carbocycles. The van der Waals surface area contributed by atoms with Crippen molar-refractivity contribution >= 4 is 11.6 Å². The van der Waals surface area contributed by atoms with Crippen LogP contribution in [0.25, 0.3) is 16.9 Å². The number of nitrogens with zero attached hydrogens (tertiary/aromatic N) is 3. The van der Waals surface area contributed by atoms with Gasteiger partial charge in [0.25, 0.3) is 0 Å². The third-order valence-electron chi connectivity index (χ3n) is 5.98. The third-order valence-corrected chi connectivity index (χ3v) is 5.98. The molecule has 0 aliphatic rings. The number of carbonyl (C=O) groups is 2. The third kappa shape index (κ3) is 8.56. The molecule has 0 N–H and O–H groups in total. The van der Waals surface area contributed by atoms with Gasteiger partial charge in [-0.2, -0.15) is 5.10 Å². The minimum Gasteiger partial charge on any atom is -0.496 e. The van der Waals surface area contributed by atoms with E-state index >= 15 is 0 Å². The first-order valence-corrected chi connectivity index (χ1v) is 13.0. The fourth-order valence-corrected chi connectivity index (χ4v) is 3.80. The average molecular weight is 564 g/mol. The van der Waals surface area contributed by atoms with Crippen LogP contribution in [0.4, 0.5) is 13.2 Å². The van der Waals surface area contributed by atoms with Crippen LogP contribution in [0.1, 0.15) is 63.9 Å². The predicted octanol–water partition coefficient (Wildman–Crippen LogP) is 6.62. The van der Waals surface area contributed by atoms with Crippen molar-refractivity contribution in [2.45, 2.75) is 73.1 Å². The molecule has 0 unspecified atom stereocenters. The lowest BCUT2D eigenvalue weighted by Crippen LogP contribution is -2.17. The van der Waals surface area contributed by atoms with Crippen LogP contribution in [0, 0.1) is 6.92 Å². The van der Waals surface area contributed by atoms with Gasteiger partial charge < -0.3 is 14.2 Å². The molecule has 0 amide bonds. The quantitative estimate of drug-likeness (QED) is 0.242. The van der Waals surface area contributed by atoms with Crippen LogP contribution in [0.3, 0.4) is 0 Å². The first-order chi connectivity index (χ1) is 18.9. The van der Waals surface area contributed by atoms with Crippen LogP contribution in [-0.2, 0) is 22.4 Å². The number of ketones is 2. The second-order valence-corrected chi connectivity index (χ2v) is 8.80. The van der Waals surface area contributed by atoms with E-state index in [0.717, 1.165) is 29.8 Å². The van der Waals surface area contributed by atoms with Gasteiger partial charge in [-0.15, -0.1) is 13.2 Å². The molecule has 0 saturated heterocycles. The summed E-state index contributed by atoms with van der Waals surface area (Å²) >= 11 is 0. The molecule has 0 atom stereocenters. The highest BCUT2D eigenvalue weighted by Gasteiger charge is 2.31. The molecule has 3 aromatic rings. The minimum absolute atomic E-state index is 0.0434. The zero-order valence-corrected chi connectivity index (χ0v) is 23.9. The van der Waals surface area contributed by atoms with Gasteiger partial charge in [-0.25, -0.2) is 9.67 Å². The Morgan fingerprint density at radius 3 is 2.08 bits per heavy atom. The number of carbonyl (C=O) groups excluding carboxylic acids is 2. The Bertz CT molecular complexity index is 1300. The van der Waals surface area contributed by atoms with E-state index in [2.05, 4.69) is 14.8 Å². The van der Waals surface area contributed by atoms with Crippen molar-refractivity contribution in [1.29, 1.82) is 0 Å². The minimum atomic E-state index is -4.79. The lowest BCUT2D eigenvalue weighted by molar-refractivity contribution is -0.274. The van der Waals surface area contributed by atoms with E-state index in [0.29, 0.717) is 35.7 Å². The van der Waals surface area contributed by atoms with Crippen molar-refractivity contribution in [3.05, 3.63) is 47.3 Å². The van der Waals surface area contributed by atoms with E-state index < -0.39 is 6.36 Å². The van der Waals surface area contributed by atoms with Gasteiger partial charge in [-0.3, -0.25) is 9.59 Å². The molecule has 0 radical (unpaired) electrons. The SMILES string of the molecule is CCC(=O)CC(=O)CC.CCc1cc(CC)n(-c2cc(C)c(-c3ccc(OC(F)(F)F)cc3OC)nc2OC)n1. The van der Waals surface area contributed by atoms with Crippen molar-refractivity contribution in [2.75, 3.05) is 14.2 Å². The fourth-order valence-electron chi connectivity index (χ4n) is 3.80. The Labute approximate surface area is 232 Å². The lowest BCUT2D eigenvalue weighted by atomic mass is 10.0. The van der Waals surface area contributed by atoms with E-state index in [1.807, 2.05) is 37.6 Å². The summed E-state index contributed by atoms with van der Waals surface area (Å²) in [6.45, 7) is 9.48. The van der Waals surface area contributed by atoms with Gasteiger partial charge in [-0.1, -0.05) is 27.7 Å². The molecule has 8 nitrogen and oxygen atoms in total. The topological polar surface area (TPSA) is 92.5 Å². The van der Waals surface area contributed by atoms with Gasteiger partial charge in [-0.05, 0) is 49.6 Å². The number of halogens is 3. The van der Waals surface area contributed by atoms with Crippen molar-refractivity contribution in [2.24, 2.45) is 0 Å². The van der Waals surface area contributed by atoms with Crippen LogP contribution >= 0.6 is 0 Å². The molecular weight excluding hydrogens is 527 g/mol. The molecule has 0 spiro atoms. The van der Waals surface area contributed by atoms with Gasteiger partial charge in [0.2, 0.25) is 5.88 Å². The van der Waals surface area contributed by atoms with Crippen molar-refractivity contribution in [3.8, 4) is 34.3 Å². The second-order valence-electron chi connectivity index (χ2n) is 8.80. The monoisotopic (exact) mass is 563 g/mol. The Morgan fingerprint density at radius 1 is 0.925 bits per heavy atom. The predicted molar refractivity (Wildman–Crippen MR) is 145 cm³/mol. The van der Waals surface area contributed by atoms with E-state index in [-0.39, 0.29) is 29.5 Å². The Balaban J connectivity index is 0.000000536. The van der Waals surface area contributed by atoms with Crippen molar-refractivity contribution in [1.82, 2.24) is 14.8 Å². The van der Waals surface area contributed by atoms with Gasteiger partial charge in [0.1, 0.15) is 28.8 Å². The molecule has 2 aromatic heterocycles. The highest BCUT2D eigenvalue weighted by atomic mass is 19.4. The van der Waals surface area contributed by atoms with Crippen molar-refractivity contribution in [3.63, 3.8) is 0 Å². The summed E-state index contributed by atoms with van der Waals surface area (Å²) in [5, 5.41) is 4.65. The summed E-state index contributed by atoms with van der Waals surface area (Å²) in [4.78, 5) is 25.8. The molecule has 40 heavy (non-hydrogen) atoms. The summed E-state index contributed by atoms with van der Waals surface area (Å²) < 4.78 is 54.3. The number of rotatable bonds is 11. The average Bonchev–Trinajstić information content (AvgIpc) is 3.35. The molecule has 3 rings (SSSR count). The summed E-state index contributed by atoms with van der Waals surface area (Å²) in [6, 6.07) is 7.83. The highest BCUT2D eigenvalue weighted by Crippen LogP contribution is 2.38. The first-order valence-electron chi connectivity index (χ1n) is 13.0. The molecule has 0 saturated carbocycles. The van der Waals surface area contributed by atoms with Gasteiger partial charge in [0, 0.05) is 30.2 Å². The lowest BCUT2D eigenvalue weighted by Gasteiger charge is -2.17. The Hall–Kier alpha value is -3.89. The molecule has 0 fully saturated rings. The standard InChI is InChI=1S/C22H24F3N3O3.C7H12O2/c1-6-14-11-15(7-2)28(27-14)18-10-13(3)20(26-21(18)30-5)17-9-8-16(12-19(17)29-4)31-22(23,24)25;1-3-6(8)5-7(9)4-2/h8-12H,6-7H2,1-5H3;3-5H2,1-2H3. The smallest absolute Gasteiger partial charge is 0.496 e. The number of aryl methyl sites for hydroxylation is 3. The number of Topliss-reactive ketones (excluding diaryl/α,β-unsaturated/α-hetero) is 2.